The van der Waals surface area contributed by atoms with Crippen molar-refractivity contribution in [3.63, 3.8) is 0 Å². The summed E-state index contributed by atoms with van der Waals surface area (Å²) in [5, 5.41) is 6.79. The Bertz CT molecular complexity index is 892. The van der Waals surface area contributed by atoms with E-state index in [0.29, 0.717) is 49.7 Å². The quantitative estimate of drug-likeness (QED) is 0.610. The number of nitrogens with zero attached hydrogens (tertiary/aromatic N) is 2. The van der Waals surface area contributed by atoms with Crippen molar-refractivity contribution in [3.8, 4) is 11.4 Å². The summed E-state index contributed by atoms with van der Waals surface area (Å²) >= 11 is 0. The zero-order valence-electron chi connectivity index (χ0n) is 15.7. The van der Waals surface area contributed by atoms with E-state index < -0.39 is 0 Å². The lowest BCUT2D eigenvalue weighted by atomic mass is 10.1. The van der Waals surface area contributed by atoms with E-state index in [-0.39, 0.29) is 11.7 Å². The van der Waals surface area contributed by atoms with Gasteiger partial charge in [-0.1, -0.05) is 29.4 Å². The third-order valence-corrected chi connectivity index (χ3v) is 4.19. The number of amides is 1. The van der Waals surface area contributed by atoms with Crippen molar-refractivity contribution < 1.29 is 18.4 Å². The van der Waals surface area contributed by atoms with Crippen LogP contribution in [0.4, 0.5) is 4.39 Å². The molecule has 0 bridgehead atoms. The van der Waals surface area contributed by atoms with Gasteiger partial charge in [0.15, 0.2) is 0 Å². The number of hydrogen-bond donors (Lipinski definition) is 1. The first-order chi connectivity index (χ1) is 13.6. The molecule has 1 heterocycles. The highest BCUT2D eigenvalue weighted by molar-refractivity contribution is 5.75. The number of carbonyl (C=O) groups excluding carboxylic acids is 1. The lowest BCUT2D eigenvalue weighted by Crippen LogP contribution is -2.22. The Morgan fingerprint density at radius 1 is 1.11 bits per heavy atom. The van der Waals surface area contributed by atoms with Crippen LogP contribution in [-0.4, -0.2) is 23.2 Å². The molecule has 0 saturated carbocycles. The van der Waals surface area contributed by atoms with E-state index in [1.54, 1.807) is 19.2 Å². The van der Waals surface area contributed by atoms with E-state index in [2.05, 4.69) is 15.5 Å². The first kappa shape index (κ1) is 19.7. The zero-order valence-corrected chi connectivity index (χ0v) is 15.7. The molecule has 6 nitrogen and oxygen atoms in total. The summed E-state index contributed by atoms with van der Waals surface area (Å²) in [7, 11) is 1.66. The number of aryl methyl sites for hydroxylation is 1. The van der Waals surface area contributed by atoms with Gasteiger partial charge in [0.2, 0.25) is 17.6 Å². The first-order valence-electron chi connectivity index (χ1n) is 9.06. The van der Waals surface area contributed by atoms with Gasteiger partial charge in [0.05, 0.1) is 6.61 Å². The van der Waals surface area contributed by atoms with Crippen molar-refractivity contribution in [1.82, 2.24) is 15.5 Å². The SMILES string of the molecule is COCc1ccc(CNC(=O)CCCc2nc(-c3ccc(F)cc3)no2)cc1. The van der Waals surface area contributed by atoms with Crippen LogP contribution in [0.3, 0.4) is 0 Å². The summed E-state index contributed by atoms with van der Waals surface area (Å²) in [5.41, 5.74) is 2.82. The molecule has 1 N–H and O–H groups in total. The molecule has 7 heteroatoms. The lowest BCUT2D eigenvalue weighted by molar-refractivity contribution is -0.121. The topological polar surface area (TPSA) is 77.2 Å². The predicted molar refractivity (Wildman–Crippen MR) is 102 cm³/mol. The molecular formula is C21H22FN3O3. The Labute approximate surface area is 162 Å². The number of carbonyl (C=O) groups is 1. The molecule has 1 amide bonds. The molecule has 0 saturated heterocycles. The van der Waals surface area contributed by atoms with E-state index in [1.165, 1.54) is 12.1 Å². The van der Waals surface area contributed by atoms with Crippen LogP contribution in [0, 0.1) is 5.82 Å². The summed E-state index contributed by atoms with van der Waals surface area (Å²) in [5.74, 6) is 0.529. The molecule has 0 atom stereocenters. The average Bonchev–Trinajstić information content (AvgIpc) is 3.17. The number of aromatic nitrogens is 2. The molecule has 1 aromatic heterocycles. The molecule has 0 spiro atoms. The van der Waals surface area contributed by atoms with E-state index in [9.17, 15) is 9.18 Å². The molecule has 0 aliphatic heterocycles. The fraction of sp³-hybridized carbons (Fsp3) is 0.286. The fourth-order valence-corrected chi connectivity index (χ4v) is 2.68. The number of methoxy groups -OCH3 is 1. The first-order valence-corrected chi connectivity index (χ1v) is 9.06. The maximum atomic E-state index is 13.0. The highest BCUT2D eigenvalue weighted by atomic mass is 19.1. The second kappa shape index (κ2) is 9.75. The molecule has 0 unspecified atom stereocenters. The molecule has 3 rings (SSSR count). The number of rotatable bonds is 9. The molecule has 2 aromatic carbocycles. The van der Waals surface area contributed by atoms with Gasteiger partial charge in [0, 0.05) is 32.1 Å². The van der Waals surface area contributed by atoms with Gasteiger partial charge in [-0.2, -0.15) is 4.98 Å². The fourth-order valence-electron chi connectivity index (χ4n) is 2.68. The number of benzene rings is 2. The van der Waals surface area contributed by atoms with E-state index >= 15 is 0 Å². The smallest absolute Gasteiger partial charge is 0.226 e. The van der Waals surface area contributed by atoms with Crippen molar-refractivity contribution >= 4 is 5.91 Å². The van der Waals surface area contributed by atoms with Crippen molar-refractivity contribution in [3.05, 3.63) is 71.4 Å². The van der Waals surface area contributed by atoms with Gasteiger partial charge in [-0.15, -0.1) is 0 Å². The number of ether oxygens (including phenoxy) is 1. The van der Waals surface area contributed by atoms with Crippen LogP contribution in [0.2, 0.25) is 0 Å². The molecule has 0 aliphatic rings. The van der Waals surface area contributed by atoms with Gasteiger partial charge in [-0.3, -0.25) is 4.79 Å². The van der Waals surface area contributed by atoms with Crippen LogP contribution in [0.15, 0.2) is 53.1 Å². The second-order valence-electron chi connectivity index (χ2n) is 6.40. The molecular weight excluding hydrogens is 361 g/mol. The Morgan fingerprint density at radius 2 is 1.82 bits per heavy atom. The van der Waals surface area contributed by atoms with Crippen molar-refractivity contribution in [1.29, 1.82) is 0 Å². The van der Waals surface area contributed by atoms with Crippen LogP contribution in [0.5, 0.6) is 0 Å². The number of hydrogen-bond acceptors (Lipinski definition) is 5. The van der Waals surface area contributed by atoms with Crippen LogP contribution in [0.1, 0.15) is 29.9 Å². The van der Waals surface area contributed by atoms with Gasteiger partial charge in [-0.25, -0.2) is 4.39 Å². The van der Waals surface area contributed by atoms with Gasteiger partial charge in [-0.05, 0) is 41.8 Å². The highest BCUT2D eigenvalue weighted by Gasteiger charge is 2.10. The monoisotopic (exact) mass is 383 g/mol. The van der Waals surface area contributed by atoms with Crippen LogP contribution >= 0.6 is 0 Å². The largest absolute Gasteiger partial charge is 0.380 e. The summed E-state index contributed by atoms with van der Waals surface area (Å²) in [6.07, 6.45) is 1.48. The van der Waals surface area contributed by atoms with Crippen LogP contribution < -0.4 is 5.32 Å². The van der Waals surface area contributed by atoms with Crippen molar-refractivity contribution in [2.24, 2.45) is 0 Å². The molecule has 0 fully saturated rings. The molecule has 3 aromatic rings. The van der Waals surface area contributed by atoms with Gasteiger partial charge in [0.25, 0.3) is 0 Å². The Balaban J connectivity index is 1.40. The highest BCUT2D eigenvalue weighted by Crippen LogP contribution is 2.16. The average molecular weight is 383 g/mol. The van der Waals surface area contributed by atoms with Crippen molar-refractivity contribution in [2.45, 2.75) is 32.4 Å². The minimum absolute atomic E-state index is 0.0285. The van der Waals surface area contributed by atoms with Gasteiger partial charge >= 0.3 is 0 Å². The number of halogens is 1. The van der Waals surface area contributed by atoms with E-state index in [0.717, 1.165) is 11.1 Å². The van der Waals surface area contributed by atoms with Gasteiger partial charge in [0.1, 0.15) is 5.82 Å². The zero-order chi connectivity index (χ0) is 19.8. The second-order valence-corrected chi connectivity index (χ2v) is 6.40. The molecule has 28 heavy (non-hydrogen) atoms. The molecule has 0 radical (unpaired) electrons. The summed E-state index contributed by atoms with van der Waals surface area (Å²) in [4.78, 5) is 16.3. The maximum absolute atomic E-state index is 13.0. The van der Waals surface area contributed by atoms with Crippen molar-refractivity contribution in [2.75, 3.05) is 7.11 Å². The Morgan fingerprint density at radius 3 is 2.54 bits per heavy atom. The summed E-state index contributed by atoms with van der Waals surface area (Å²) in [6.45, 7) is 1.06. The Kier molecular flexibility index (Phi) is 6.86. The standard InChI is InChI=1S/C21H22FN3O3/c1-27-14-16-7-5-15(6-8-16)13-23-19(26)3-2-4-20-24-21(25-28-20)17-9-11-18(22)12-10-17/h5-12H,2-4,13-14H2,1H3,(H,23,26). The van der Waals surface area contributed by atoms with Gasteiger partial charge < -0.3 is 14.6 Å². The third kappa shape index (κ3) is 5.72. The van der Waals surface area contributed by atoms with Crippen LogP contribution in [0.25, 0.3) is 11.4 Å². The summed E-state index contributed by atoms with van der Waals surface area (Å²) in [6, 6.07) is 13.8. The molecule has 146 valence electrons. The number of nitrogens with one attached hydrogen (secondary N) is 1. The Hall–Kier alpha value is -3.06. The predicted octanol–water partition coefficient (Wildman–Crippen LogP) is 3.66. The third-order valence-electron chi connectivity index (χ3n) is 4.19. The van der Waals surface area contributed by atoms with Crippen LogP contribution in [-0.2, 0) is 29.1 Å². The summed E-state index contributed by atoms with van der Waals surface area (Å²) < 4.78 is 23.2. The normalized spacial score (nSPS) is 10.8. The minimum Gasteiger partial charge on any atom is -0.380 e. The lowest BCUT2D eigenvalue weighted by Gasteiger charge is -2.06. The maximum Gasteiger partial charge on any atom is 0.226 e. The minimum atomic E-state index is -0.315. The van der Waals surface area contributed by atoms with E-state index in [4.69, 9.17) is 9.26 Å². The van der Waals surface area contributed by atoms with E-state index in [1.807, 2.05) is 24.3 Å². The molecule has 0 aliphatic carbocycles.